The molecule has 25 heavy (non-hydrogen) atoms. The first-order chi connectivity index (χ1) is 12.1. The molecule has 1 unspecified atom stereocenters. The maximum atomic E-state index is 13.6. The van der Waals surface area contributed by atoms with Gasteiger partial charge in [0.1, 0.15) is 24.2 Å². The molecule has 1 saturated heterocycles. The van der Waals surface area contributed by atoms with Gasteiger partial charge in [-0.2, -0.15) is 0 Å². The molecule has 6 heteroatoms. The van der Waals surface area contributed by atoms with Gasteiger partial charge in [0.15, 0.2) is 0 Å². The highest BCUT2D eigenvalue weighted by molar-refractivity contribution is 7.13. The lowest BCUT2D eigenvalue weighted by atomic mass is 10.1. The second-order valence-corrected chi connectivity index (χ2v) is 6.62. The largest absolute Gasteiger partial charge is 0.489 e. The van der Waals surface area contributed by atoms with E-state index in [4.69, 9.17) is 9.47 Å². The Labute approximate surface area is 149 Å². The van der Waals surface area contributed by atoms with Crippen molar-refractivity contribution in [2.45, 2.75) is 31.5 Å². The van der Waals surface area contributed by atoms with Crippen molar-refractivity contribution in [3.63, 3.8) is 0 Å². The van der Waals surface area contributed by atoms with Gasteiger partial charge in [-0.25, -0.2) is 4.39 Å². The van der Waals surface area contributed by atoms with Crippen molar-refractivity contribution < 1.29 is 18.7 Å². The van der Waals surface area contributed by atoms with Crippen LogP contribution in [0, 0.1) is 5.82 Å². The molecule has 132 valence electrons. The molecule has 0 radical (unpaired) electrons. The van der Waals surface area contributed by atoms with Crippen molar-refractivity contribution in [3.8, 4) is 5.75 Å². The molecular formula is C19H21FNO3P. The van der Waals surface area contributed by atoms with Gasteiger partial charge in [0.25, 0.3) is 0 Å². The summed E-state index contributed by atoms with van der Waals surface area (Å²) in [6.45, 7) is 0.190. The fourth-order valence-corrected chi connectivity index (χ4v) is 3.70. The second kappa shape index (κ2) is 7.94. The van der Waals surface area contributed by atoms with E-state index in [0.29, 0.717) is 11.3 Å². The molecule has 3 atom stereocenters. The Kier molecular flexibility index (Phi) is 5.67. The number of carbonyl (C=O) groups is 1. The van der Waals surface area contributed by atoms with Gasteiger partial charge < -0.3 is 9.47 Å². The molecule has 1 aliphatic rings. The third-order valence-electron chi connectivity index (χ3n) is 4.52. The van der Waals surface area contributed by atoms with Gasteiger partial charge in [0.05, 0.1) is 7.11 Å². The van der Waals surface area contributed by atoms with Crippen LogP contribution in [0.5, 0.6) is 5.75 Å². The molecule has 0 saturated carbocycles. The lowest BCUT2D eigenvalue weighted by molar-refractivity contribution is -0.144. The van der Waals surface area contributed by atoms with E-state index in [0.717, 1.165) is 18.4 Å². The maximum Gasteiger partial charge on any atom is 0.323 e. The van der Waals surface area contributed by atoms with Crippen LogP contribution < -0.4 is 4.74 Å². The standard InChI is InChI=1S/C19H21FNO3P/c1-23-19(22)18-11-10-17(21(18)25)13-6-8-15(9-7-13)24-12-14-4-2-3-5-16(14)20/h2-9,17-18H,10-12,25H2,1H3/t17-,18+/m1/s1. The fraction of sp³-hybridized carbons (Fsp3) is 0.316. The van der Waals surface area contributed by atoms with E-state index >= 15 is 0 Å². The fourth-order valence-electron chi connectivity index (χ4n) is 3.11. The van der Waals surface area contributed by atoms with Crippen molar-refractivity contribution in [2.24, 2.45) is 0 Å². The molecule has 0 spiro atoms. The highest BCUT2D eigenvalue weighted by Gasteiger charge is 2.36. The summed E-state index contributed by atoms with van der Waals surface area (Å²) in [6, 6.07) is 14.2. The minimum absolute atomic E-state index is 0.148. The van der Waals surface area contributed by atoms with Crippen molar-refractivity contribution in [1.29, 1.82) is 0 Å². The molecule has 0 aromatic heterocycles. The zero-order chi connectivity index (χ0) is 17.8. The lowest BCUT2D eigenvalue weighted by Gasteiger charge is -2.24. The average molecular weight is 361 g/mol. The van der Waals surface area contributed by atoms with Crippen molar-refractivity contribution in [1.82, 2.24) is 4.67 Å². The van der Waals surface area contributed by atoms with Crippen molar-refractivity contribution in [3.05, 3.63) is 65.5 Å². The van der Waals surface area contributed by atoms with Crippen molar-refractivity contribution >= 4 is 15.4 Å². The number of halogens is 1. The van der Waals surface area contributed by atoms with E-state index < -0.39 is 0 Å². The molecule has 2 aromatic rings. The van der Waals surface area contributed by atoms with Crippen LogP contribution in [0.2, 0.25) is 0 Å². The number of ether oxygens (including phenoxy) is 2. The molecule has 0 bridgehead atoms. The number of carbonyl (C=O) groups excluding carboxylic acids is 1. The zero-order valence-corrected chi connectivity index (χ0v) is 15.2. The Balaban J connectivity index is 1.63. The van der Waals surface area contributed by atoms with Gasteiger partial charge in [0, 0.05) is 11.6 Å². The Hall–Kier alpha value is -1.97. The number of nitrogens with zero attached hydrogens (tertiary/aromatic N) is 1. The number of methoxy groups -OCH3 is 1. The van der Waals surface area contributed by atoms with Crippen LogP contribution in [0.1, 0.15) is 30.0 Å². The topological polar surface area (TPSA) is 38.8 Å². The van der Waals surface area contributed by atoms with Gasteiger partial charge in [0.2, 0.25) is 0 Å². The molecule has 1 aliphatic heterocycles. The molecule has 1 heterocycles. The molecular weight excluding hydrogens is 340 g/mol. The van der Waals surface area contributed by atoms with Gasteiger partial charge in [-0.3, -0.25) is 9.46 Å². The SMILES string of the molecule is COC(=O)[C@@H]1CC[C@H](c2ccc(OCc3ccccc3F)cc2)N1P. The van der Waals surface area contributed by atoms with E-state index in [1.807, 2.05) is 28.9 Å². The summed E-state index contributed by atoms with van der Waals surface area (Å²) in [7, 11) is 4.05. The highest BCUT2D eigenvalue weighted by Crippen LogP contribution is 2.39. The van der Waals surface area contributed by atoms with E-state index in [1.54, 1.807) is 18.2 Å². The summed E-state index contributed by atoms with van der Waals surface area (Å²) < 4.78 is 26.1. The maximum absolute atomic E-state index is 13.6. The summed E-state index contributed by atoms with van der Waals surface area (Å²) in [4.78, 5) is 11.8. The molecule has 4 nitrogen and oxygen atoms in total. The van der Waals surface area contributed by atoms with Crippen LogP contribution in [-0.2, 0) is 16.1 Å². The number of rotatable bonds is 5. The van der Waals surface area contributed by atoms with E-state index in [2.05, 4.69) is 9.39 Å². The van der Waals surface area contributed by atoms with Crippen LogP contribution in [0.3, 0.4) is 0 Å². The molecule has 2 aromatic carbocycles. The van der Waals surface area contributed by atoms with Gasteiger partial charge in [-0.1, -0.05) is 39.7 Å². The minimum Gasteiger partial charge on any atom is -0.489 e. The van der Waals surface area contributed by atoms with Gasteiger partial charge in [-0.15, -0.1) is 0 Å². The van der Waals surface area contributed by atoms with Crippen LogP contribution in [-0.4, -0.2) is 23.8 Å². The summed E-state index contributed by atoms with van der Waals surface area (Å²) in [5.74, 6) is 0.213. The Bertz CT molecular complexity index is 738. The lowest BCUT2D eigenvalue weighted by Crippen LogP contribution is -2.31. The van der Waals surface area contributed by atoms with E-state index in [1.165, 1.54) is 13.2 Å². The van der Waals surface area contributed by atoms with Crippen LogP contribution in [0.15, 0.2) is 48.5 Å². The summed E-state index contributed by atoms with van der Waals surface area (Å²) >= 11 is 0. The molecule has 3 rings (SSSR count). The molecule has 1 fully saturated rings. The highest BCUT2D eigenvalue weighted by atomic mass is 31.0. The second-order valence-electron chi connectivity index (χ2n) is 6.03. The van der Waals surface area contributed by atoms with Crippen molar-refractivity contribution in [2.75, 3.05) is 7.11 Å². The van der Waals surface area contributed by atoms with E-state index in [9.17, 15) is 9.18 Å². The first-order valence-corrected chi connectivity index (χ1v) is 8.69. The van der Waals surface area contributed by atoms with E-state index in [-0.39, 0.29) is 30.5 Å². The first kappa shape index (κ1) is 17.8. The molecule has 0 N–H and O–H groups in total. The third kappa shape index (κ3) is 4.00. The monoisotopic (exact) mass is 361 g/mol. The molecule has 0 amide bonds. The normalized spacial score (nSPS) is 20.4. The van der Waals surface area contributed by atoms with Crippen LogP contribution >= 0.6 is 9.39 Å². The third-order valence-corrected chi connectivity index (χ3v) is 5.24. The summed E-state index contributed by atoms with van der Waals surface area (Å²) in [6.07, 6.45) is 1.66. The Morgan fingerprint density at radius 1 is 1.20 bits per heavy atom. The number of hydrogen-bond acceptors (Lipinski definition) is 4. The predicted octanol–water partition coefficient (Wildman–Crippen LogP) is 3.87. The quantitative estimate of drug-likeness (QED) is 0.599. The minimum atomic E-state index is -0.266. The van der Waals surface area contributed by atoms with Gasteiger partial charge >= 0.3 is 5.97 Å². The summed E-state index contributed by atoms with van der Waals surface area (Å²) in [5, 5.41) is 0. The molecule has 0 aliphatic carbocycles. The summed E-state index contributed by atoms with van der Waals surface area (Å²) in [5.41, 5.74) is 1.64. The Morgan fingerprint density at radius 3 is 2.60 bits per heavy atom. The van der Waals surface area contributed by atoms with Gasteiger partial charge in [-0.05, 0) is 36.6 Å². The van der Waals surface area contributed by atoms with Crippen LogP contribution in [0.4, 0.5) is 4.39 Å². The zero-order valence-electron chi connectivity index (χ0n) is 14.0. The van der Waals surface area contributed by atoms with Crippen LogP contribution in [0.25, 0.3) is 0 Å². The number of esters is 1. The number of hydrogen-bond donors (Lipinski definition) is 0. The first-order valence-electron chi connectivity index (χ1n) is 8.17. The predicted molar refractivity (Wildman–Crippen MR) is 96.5 cm³/mol. The average Bonchev–Trinajstić information content (AvgIpc) is 3.02. The smallest absolute Gasteiger partial charge is 0.323 e. The number of benzene rings is 2. The Morgan fingerprint density at radius 2 is 1.92 bits per heavy atom.